The van der Waals surface area contributed by atoms with Crippen LogP contribution in [0.2, 0.25) is 0 Å². The minimum absolute atomic E-state index is 0.0451. The lowest BCUT2D eigenvalue weighted by Crippen LogP contribution is -2.53. The van der Waals surface area contributed by atoms with Gasteiger partial charge in [0.2, 0.25) is 11.8 Å². The number of carbonyl (C=O) groups excluding carboxylic acids is 2. The van der Waals surface area contributed by atoms with E-state index in [0.717, 1.165) is 43.6 Å². The smallest absolute Gasteiger partial charge is 0.233 e. The molecule has 1 aliphatic heterocycles. The Morgan fingerprint density at radius 2 is 1.59 bits per heavy atom. The van der Waals surface area contributed by atoms with Crippen molar-refractivity contribution in [3.63, 3.8) is 0 Å². The molecular formula is C32H35F2N3O2. The Bertz CT molecular complexity index is 1320. The van der Waals surface area contributed by atoms with Crippen molar-refractivity contribution < 1.29 is 18.4 Å². The Hall–Kier alpha value is -3.58. The summed E-state index contributed by atoms with van der Waals surface area (Å²) in [5, 5.41) is 3.22. The summed E-state index contributed by atoms with van der Waals surface area (Å²) in [5.74, 6) is -0.715. The van der Waals surface area contributed by atoms with Crippen LogP contribution in [0.4, 0.5) is 8.78 Å². The van der Waals surface area contributed by atoms with Gasteiger partial charge in [-0.05, 0) is 66.1 Å². The molecule has 0 bridgehead atoms. The Labute approximate surface area is 228 Å². The average Bonchev–Trinajstić information content (AvgIpc) is 3.65. The SMILES string of the molecule is CC(=O)NC1(c2ccccc2)CCN(CC2CC2(C(=O)N(C)Cc2ccc(F)cc2)c2cccc(F)c2)CC1. The monoisotopic (exact) mass is 531 g/mol. The summed E-state index contributed by atoms with van der Waals surface area (Å²) in [6.07, 6.45) is 2.19. The molecule has 0 radical (unpaired) electrons. The molecule has 5 rings (SSSR count). The molecule has 0 spiro atoms. The number of hydrogen-bond acceptors (Lipinski definition) is 3. The molecule has 2 fully saturated rings. The molecule has 2 unspecified atom stereocenters. The Morgan fingerprint density at radius 3 is 2.23 bits per heavy atom. The summed E-state index contributed by atoms with van der Waals surface area (Å²) in [7, 11) is 1.75. The van der Waals surface area contributed by atoms with Gasteiger partial charge in [-0.15, -0.1) is 0 Å². The minimum Gasteiger partial charge on any atom is -0.347 e. The van der Waals surface area contributed by atoms with Gasteiger partial charge in [0, 0.05) is 40.2 Å². The second-order valence-electron chi connectivity index (χ2n) is 11.1. The lowest BCUT2D eigenvalue weighted by molar-refractivity contribution is -0.133. The maximum atomic E-state index is 14.3. The standard InChI is InChI=1S/C32H35F2N3O2/c1-23(38)35-31(25-7-4-3-5-8-25)15-17-37(18-16-31)22-27-20-32(27,26-9-6-10-29(34)19-26)30(39)36(2)21-24-11-13-28(33)14-12-24/h3-14,19,27H,15-18,20-22H2,1-2H3,(H,35,38). The van der Waals surface area contributed by atoms with E-state index < -0.39 is 11.0 Å². The normalized spacial score (nSPS) is 22.2. The van der Waals surface area contributed by atoms with Crippen LogP contribution >= 0.6 is 0 Å². The van der Waals surface area contributed by atoms with Gasteiger partial charge in [0.25, 0.3) is 0 Å². The second kappa shape index (κ2) is 10.9. The summed E-state index contributed by atoms with van der Waals surface area (Å²) >= 11 is 0. The zero-order valence-electron chi connectivity index (χ0n) is 22.5. The molecule has 7 heteroatoms. The van der Waals surface area contributed by atoms with E-state index >= 15 is 0 Å². The molecule has 204 valence electrons. The van der Waals surface area contributed by atoms with Crippen molar-refractivity contribution in [3.05, 3.63) is 107 Å². The first-order valence-electron chi connectivity index (χ1n) is 13.5. The third kappa shape index (κ3) is 5.59. The van der Waals surface area contributed by atoms with Crippen LogP contribution in [-0.2, 0) is 27.1 Å². The van der Waals surface area contributed by atoms with Crippen molar-refractivity contribution in [1.29, 1.82) is 0 Å². The highest BCUT2D eigenvalue weighted by Crippen LogP contribution is 2.56. The van der Waals surface area contributed by atoms with E-state index in [1.165, 1.54) is 24.3 Å². The number of carbonyl (C=O) groups is 2. The number of hydrogen-bond donors (Lipinski definition) is 1. The third-order valence-electron chi connectivity index (χ3n) is 8.44. The van der Waals surface area contributed by atoms with Gasteiger partial charge in [0.15, 0.2) is 0 Å². The van der Waals surface area contributed by atoms with Crippen molar-refractivity contribution in [2.45, 2.75) is 43.7 Å². The number of nitrogens with one attached hydrogen (secondary N) is 1. The summed E-state index contributed by atoms with van der Waals surface area (Å²) in [4.78, 5) is 30.1. The van der Waals surface area contributed by atoms with Crippen molar-refractivity contribution in [2.75, 3.05) is 26.7 Å². The van der Waals surface area contributed by atoms with Gasteiger partial charge in [-0.2, -0.15) is 0 Å². The van der Waals surface area contributed by atoms with Gasteiger partial charge >= 0.3 is 0 Å². The van der Waals surface area contributed by atoms with E-state index in [-0.39, 0.29) is 29.4 Å². The molecule has 1 aliphatic carbocycles. The number of likely N-dealkylation sites (N-methyl/N-ethyl adjacent to an activating group) is 1. The van der Waals surface area contributed by atoms with E-state index in [2.05, 4.69) is 22.3 Å². The third-order valence-corrected chi connectivity index (χ3v) is 8.44. The molecule has 3 aromatic carbocycles. The van der Waals surface area contributed by atoms with Crippen LogP contribution in [0.3, 0.4) is 0 Å². The predicted molar refractivity (Wildman–Crippen MR) is 147 cm³/mol. The van der Waals surface area contributed by atoms with Crippen molar-refractivity contribution in [2.24, 2.45) is 5.92 Å². The first-order chi connectivity index (χ1) is 18.7. The molecule has 5 nitrogen and oxygen atoms in total. The summed E-state index contributed by atoms with van der Waals surface area (Å²) in [5.41, 5.74) is 1.46. The van der Waals surface area contributed by atoms with Gasteiger partial charge in [0.05, 0.1) is 11.0 Å². The van der Waals surface area contributed by atoms with Crippen LogP contribution in [0, 0.1) is 17.6 Å². The second-order valence-corrected chi connectivity index (χ2v) is 11.1. The lowest BCUT2D eigenvalue weighted by atomic mass is 9.80. The fraction of sp³-hybridized carbons (Fsp3) is 0.375. The van der Waals surface area contributed by atoms with Gasteiger partial charge in [-0.25, -0.2) is 8.78 Å². The molecule has 1 N–H and O–H groups in total. The molecule has 1 saturated heterocycles. The van der Waals surface area contributed by atoms with E-state index in [0.29, 0.717) is 18.5 Å². The molecule has 0 aromatic heterocycles. The molecule has 39 heavy (non-hydrogen) atoms. The maximum Gasteiger partial charge on any atom is 0.233 e. The first-order valence-corrected chi connectivity index (χ1v) is 13.5. The molecule has 2 aliphatic rings. The molecule has 1 saturated carbocycles. The largest absolute Gasteiger partial charge is 0.347 e. The van der Waals surface area contributed by atoms with Crippen LogP contribution in [-0.4, -0.2) is 48.3 Å². The van der Waals surface area contributed by atoms with Crippen molar-refractivity contribution in [1.82, 2.24) is 15.1 Å². The summed E-state index contributed by atoms with van der Waals surface area (Å²) < 4.78 is 27.7. The highest BCUT2D eigenvalue weighted by Gasteiger charge is 2.62. The van der Waals surface area contributed by atoms with Gasteiger partial charge in [-0.3, -0.25) is 9.59 Å². The van der Waals surface area contributed by atoms with E-state index in [9.17, 15) is 18.4 Å². The van der Waals surface area contributed by atoms with Gasteiger partial charge < -0.3 is 15.1 Å². The molecule has 3 aromatic rings. The molecular weight excluding hydrogens is 496 g/mol. The number of rotatable bonds is 8. The van der Waals surface area contributed by atoms with Crippen molar-refractivity contribution >= 4 is 11.8 Å². The van der Waals surface area contributed by atoms with Crippen LogP contribution in [0.1, 0.15) is 42.9 Å². The van der Waals surface area contributed by atoms with E-state index in [4.69, 9.17) is 0 Å². The van der Waals surface area contributed by atoms with E-state index in [1.807, 2.05) is 24.3 Å². The van der Waals surface area contributed by atoms with Crippen LogP contribution in [0.5, 0.6) is 0 Å². The zero-order valence-corrected chi connectivity index (χ0v) is 22.5. The number of amides is 2. The Kier molecular flexibility index (Phi) is 7.54. The number of halogens is 2. The number of piperidine rings is 1. The highest BCUT2D eigenvalue weighted by atomic mass is 19.1. The zero-order chi connectivity index (χ0) is 27.6. The average molecular weight is 532 g/mol. The topological polar surface area (TPSA) is 52.7 Å². The fourth-order valence-electron chi connectivity index (χ4n) is 6.34. The number of benzene rings is 3. The summed E-state index contributed by atoms with van der Waals surface area (Å²) in [6.45, 7) is 4.19. The Morgan fingerprint density at radius 1 is 0.923 bits per heavy atom. The Balaban J connectivity index is 1.32. The molecule has 1 heterocycles. The highest BCUT2D eigenvalue weighted by molar-refractivity contribution is 5.92. The predicted octanol–water partition coefficient (Wildman–Crippen LogP) is 5.01. The quantitative estimate of drug-likeness (QED) is 0.445. The van der Waals surface area contributed by atoms with E-state index in [1.54, 1.807) is 37.1 Å². The number of likely N-dealkylation sites (tertiary alicyclic amines) is 1. The molecule has 2 amide bonds. The van der Waals surface area contributed by atoms with Gasteiger partial charge in [-0.1, -0.05) is 54.6 Å². The van der Waals surface area contributed by atoms with Crippen LogP contribution in [0.15, 0.2) is 78.9 Å². The molecule has 2 atom stereocenters. The minimum atomic E-state index is -0.789. The van der Waals surface area contributed by atoms with Gasteiger partial charge in [0.1, 0.15) is 11.6 Å². The van der Waals surface area contributed by atoms with Crippen LogP contribution < -0.4 is 5.32 Å². The number of nitrogens with zero attached hydrogens (tertiary/aromatic N) is 2. The van der Waals surface area contributed by atoms with Crippen LogP contribution in [0.25, 0.3) is 0 Å². The lowest BCUT2D eigenvalue weighted by Gasteiger charge is -2.43. The first kappa shape index (κ1) is 27.0. The summed E-state index contributed by atoms with van der Waals surface area (Å²) in [6, 6.07) is 22.6. The fourth-order valence-corrected chi connectivity index (χ4v) is 6.34. The van der Waals surface area contributed by atoms with Crippen molar-refractivity contribution in [3.8, 4) is 0 Å². The maximum absolute atomic E-state index is 14.3.